The molecule has 10 heteroatoms. The second-order valence-electron chi connectivity index (χ2n) is 12.5. The number of hydrogen-bond acceptors (Lipinski definition) is 7. The minimum atomic E-state index is -1.04. The maximum Gasteiger partial charge on any atom is 0.328 e. The molecule has 0 unspecified atom stereocenters. The molecule has 0 aliphatic carbocycles. The number of carboxylic acids is 1. The van der Waals surface area contributed by atoms with Gasteiger partial charge in [-0.3, -0.25) is 4.79 Å². The number of hydrogen-bond donors (Lipinski definition) is 1. The van der Waals surface area contributed by atoms with Crippen LogP contribution in [0.15, 0.2) is 103 Å². The van der Waals surface area contributed by atoms with Crippen molar-refractivity contribution in [1.29, 1.82) is 0 Å². The van der Waals surface area contributed by atoms with E-state index in [1.54, 1.807) is 42.5 Å². The number of halogens is 2. The SMILES string of the molecule is CCc1cc(-c2ccc(F)cc2)c(OCCCOc2cc(OC(C)=O)c(-c3ccc(F)cc3)cc2CC)cc1OCCCOc1ccccc1/C=C/C(=O)O. The van der Waals surface area contributed by atoms with Crippen LogP contribution in [0.2, 0.25) is 0 Å². The van der Waals surface area contributed by atoms with Crippen LogP contribution >= 0.6 is 0 Å². The molecule has 5 rings (SSSR count). The molecule has 5 aromatic carbocycles. The van der Waals surface area contributed by atoms with E-state index in [0.29, 0.717) is 97.5 Å². The van der Waals surface area contributed by atoms with E-state index in [0.717, 1.165) is 28.3 Å². The molecule has 0 saturated heterocycles. The van der Waals surface area contributed by atoms with E-state index in [2.05, 4.69) is 0 Å². The number of aliphatic carboxylic acids is 1. The predicted molar refractivity (Wildman–Crippen MR) is 208 cm³/mol. The van der Waals surface area contributed by atoms with Crippen LogP contribution in [0.5, 0.6) is 28.7 Å². The maximum atomic E-state index is 13.9. The van der Waals surface area contributed by atoms with Crippen LogP contribution in [0.25, 0.3) is 28.3 Å². The van der Waals surface area contributed by atoms with Gasteiger partial charge >= 0.3 is 11.9 Å². The van der Waals surface area contributed by atoms with Crippen molar-refractivity contribution in [3.8, 4) is 51.0 Å². The predicted octanol–water partition coefficient (Wildman–Crippen LogP) is 10.1. The summed E-state index contributed by atoms with van der Waals surface area (Å²) >= 11 is 0. The van der Waals surface area contributed by atoms with Crippen LogP contribution in [0.3, 0.4) is 0 Å². The van der Waals surface area contributed by atoms with Gasteiger partial charge in [0.05, 0.1) is 26.4 Å². The third kappa shape index (κ3) is 11.4. The summed E-state index contributed by atoms with van der Waals surface area (Å²) in [6.07, 6.45) is 4.99. The van der Waals surface area contributed by atoms with Crippen molar-refractivity contribution < 1.29 is 47.2 Å². The van der Waals surface area contributed by atoms with Crippen LogP contribution in [0, 0.1) is 11.6 Å². The fraction of sp³-hybridized carbons (Fsp3) is 0.244. The van der Waals surface area contributed by atoms with Gasteiger partial charge < -0.3 is 28.8 Å². The molecule has 286 valence electrons. The number of carbonyl (C=O) groups is 2. The highest BCUT2D eigenvalue weighted by Crippen LogP contribution is 2.39. The van der Waals surface area contributed by atoms with Crippen molar-refractivity contribution in [1.82, 2.24) is 0 Å². The standard InChI is InChI=1S/C45H44F2O8/c1-4-31-26-38(33-12-17-36(46)18-13-33)43(28-41(31)52-23-8-22-51-40-11-7-6-10-35(40)16-21-45(49)50)54-25-9-24-53-42-29-44(55-30(3)48)39(27-32(42)5-2)34-14-19-37(47)20-15-34/h6-7,10-21,26-29H,4-5,8-9,22-25H2,1-3H3,(H,49,50)/b21-16+. The van der Waals surface area contributed by atoms with E-state index in [1.165, 1.54) is 37.3 Å². The zero-order valence-corrected chi connectivity index (χ0v) is 31.1. The average molecular weight is 751 g/mol. The van der Waals surface area contributed by atoms with Gasteiger partial charge in [0.1, 0.15) is 40.4 Å². The highest BCUT2D eigenvalue weighted by Gasteiger charge is 2.17. The van der Waals surface area contributed by atoms with Crippen molar-refractivity contribution in [3.05, 3.63) is 131 Å². The van der Waals surface area contributed by atoms with E-state index in [1.807, 2.05) is 44.2 Å². The lowest BCUT2D eigenvalue weighted by molar-refractivity contribution is -0.132. The number of aryl methyl sites for hydroxylation is 2. The highest BCUT2D eigenvalue weighted by molar-refractivity contribution is 5.86. The van der Waals surface area contributed by atoms with Crippen LogP contribution in [-0.2, 0) is 22.4 Å². The van der Waals surface area contributed by atoms with E-state index in [9.17, 15) is 18.4 Å². The minimum absolute atomic E-state index is 0.300. The van der Waals surface area contributed by atoms with E-state index in [-0.39, 0.29) is 11.6 Å². The molecule has 0 aliphatic rings. The second kappa shape index (κ2) is 19.8. The maximum absolute atomic E-state index is 13.9. The van der Waals surface area contributed by atoms with Crippen molar-refractivity contribution >= 4 is 18.0 Å². The van der Waals surface area contributed by atoms with Crippen molar-refractivity contribution in [2.45, 2.75) is 46.5 Å². The van der Waals surface area contributed by atoms with Gasteiger partial charge in [0.2, 0.25) is 0 Å². The van der Waals surface area contributed by atoms with Gasteiger partial charge in [-0.1, -0.05) is 56.3 Å². The van der Waals surface area contributed by atoms with Crippen LogP contribution in [0.4, 0.5) is 8.78 Å². The summed E-state index contributed by atoms with van der Waals surface area (Å²) in [5, 5.41) is 8.99. The number of para-hydroxylation sites is 1. The third-order valence-electron chi connectivity index (χ3n) is 8.58. The molecule has 0 aliphatic heterocycles. The largest absolute Gasteiger partial charge is 0.493 e. The Balaban J connectivity index is 1.26. The van der Waals surface area contributed by atoms with Crippen molar-refractivity contribution in [2.24, 2.45) is 0 Å². The normalized spacial score (nSPS) is 11.0. The summed E-state index contributed by atoms with van der Waals surface area (Å²) < 4.78 is 57.7. The lowest BCUT2D eigenvalue weighted by atomic mass is 9.99. The first-order chi connectivity index (χ1) is 26.6. The number of carbonyl (C=O) groups excluding carboxylic acids is 1. The monoisotopic (exact) mass is 750 g/mol. The molecule has 0 bridgehead atoms. The molecule has 5 aromatic rings. The number of esters is 1. The summed E-state index contributed by atoms with van der Waals surface area (Å²) in [7, 11) is 0. The summed E-state index contributed by atoms with van der Waals surface area (Å²) in [4.78, 5) is 22.9. The molecule has 0 radical (unpaired) electrons. The Labute approximate surface area is 319 Å². The van der Waals surface area contributed by atoms with Crippen LogP contribution in [0.1, 0.15) is 50.3 Å². The Kier molecular flexibility index (Phi) is 14.4. The van der Waals surface area contributed by atoms with Crippen LogP contribution in [-0.4, -0.2) is 43.5 Å². The molecule has 8 nitrogen and oxygen atoms in total. The molecule has 1 N–H and O–H groups in total. The lowest BCUT2D eigenvalue weighted by Crippen LogP contribution is -2.09. The van der Waals surface area contributed by atoms with Crippen LogP contribution < -0.4 is 23.7 Å². The summed E-state index contributed by atoms with van der Waals surface area (Å²) in [6.45, 7) is 6.67. The molecular formula is C45H44F2O8. The van der Waals surface area contributed by atoms with Crippen molar-refractivity contribution in [2.75, 3.05) is 26.4 Å². The van der Waals surface area contributed by atoms with Gasteiger partial charge in [0, 0.05) is 54.7 Å². The number of rotatable bonds is 19. The molecule has 0 spiro atoms. The topological polar surface area (TPSA) is 101 Å². The van der Waals surface area contributed by atoms with Gasteiger partial charge in [0.25, 0.3) is 0 Å². The Morgan fingerprint density at radius 1 is 0.600 bits per heavy atom. The summed E-state index contributed by atoms with van der Waals surface area (Å²) in [5.41, 5.74) is 5.49. The molecule has 55 heavy (non-hydrogen) atoms. The lowest BCUT2D eigenvalue weighted by Gasteiger charge is -2.18. The molecule has 0 amide bonds. The first kappa shape index (κ1) is 40.0. The molecule has 0 atom stereocenters. The Morgan fingerprint density at radius 3 is 1.55 bits per heavy atom. The molecule has 0 aromatic heterocycles. The number of ether oxygens (including phenoxy) is 5. The Bertz CT molecular complexity index is 2090. The van der Waals surface area contributed by atoms with E-state index >= 15 is 0 Å². The summed E-state index contributed by atoms with van der Waals surface area (Å²) in [6, 6.07) is 26.9. The molecular weight excluding hydrogens is 706 g/mol. The van der Waals surface area contributed by atoms with Crippen molar-refractivity contribution in [3.63, 3.8) is 0 Å². The van der Waals surface area contributed by atoms with Gasteiger partial charge in [-0.15, -0.1) is 0 Å². The highest BCUT2D eigenvalue weighted by atomic mass is 19.1. The number of benzene rings is 5. The smallest absolute Gasteiger partial charge is 0.328 e. The zero-order chi connectivity index (χ0) is 39.2. The van der Waals surface area contributed by atoms with E-state index in [4.69, 9.17) is 28.8 Å². The first-order valence-corrected chi connectivity index (χ1v) is 18.2. The Morgan fingerprint density at radius 2 is 1.05 bits per heavy atom. The summed E-state index contributed by atoms with van der Waals surface area (Å²) in [5.74, 6) is 0.489. The van der Waals surface area contributed by atoms with Gasteiger partial charge in [-0.2, -0.15) is 0 Å². The number of carboxylic acid groups (broad SMARTS) is 1. The van der Waals surface area contributed by atoms with Gasteiger partial charge in [-0.05, 0) is 83.6 Å². The Hall–Kier alpha value is -6.16. The minimum Gasteiger partial charge on any atom is -0.493 e. The molecule has 0 fully saturated rings. The zero-order valence-electron chi connectivity index (χ0n) is 31.1. The molecule has 0 heterocycles. The third-order valence-corrected chi connectivity index (χ3v) is 8.58. The fourth-order valence-corrected chi connectivity index (χ4v) is 5.86. The first-order valence-electron chi connectivity index (χ1n) is 18.2. The second-order valence-corrected chi connectivity index (χ2v) is 12.5. The average Bonchev–Trinajstić information content (AvgIpc) is 3.17. The van der Waals surface area contributed by atoms with Gasteiger partial charge in [0.15, 0.2) is 0 Å². The van der Waals surface area contributed by atoms with Gasteiger partial charge in [-0.25, -0.2) is 13.6 Å². The quantitative estimate of drug-likeness (QED) is 0.0385. The van der Waals surface area contributed by atoms with E-state index < -0.39 is 11.9 Å². The molecule has 0 saturated carbocycles. The fourth-order valence-electron chi connectivity index (χ4n) is 5.86.